The van der Waals surface area contributed by atoms with Crippen molar-refractivity contribution in [2.45, 2.75) is 174 Å². The van der Waals surface area contributed by atoms with E-state index in [9.17, 15) is 10.2 Å². The minimum Gasteiger partial charge on any atom is -0.504 e. The molecule has 1 aromatic rings. The molecule has 0 saturated heterocycles. The summed E-state index contributed by atoms with van der Waals surface area (Å²) in [5, 5.41) is 21.4. The standard InChI is InChI=1S/C34H62O2/c1-5-7-9-11-13-16-20-27-34(28-21-17-14-12-10-8-6-2,29-22-18-15-19-24-30(3)4)31-25-23-26-32(35)33(31)36/h23,25-26,30,35-36H,5-22,24,27-29H2,1-4H3. The van der Waals surface area contributed by atoms with Crippen LogP contribution < -0.4 is 0 Å². The molecule has 1 rings (SSSR count). The summed E-state index contributed by atoms with van der Waals surface area (Å²) in [6.07, 6.45) is 28.3. The predicted octanol–water partition coefficient (Wildman–Crippen LogP) is 11.6. The Labute approximate surface area is 225 Å². The maximum Gasteiger partial charge on any atom is 0.161 e. The Bertz CT molecular complexity index is 618. The van der Waals surface area contributed by atoms with Gasteiger partial charge in [-0.2, -0.15) is 0 Å². The van der Waals surface area contributed by atoms with Gasteiger partial charge in [-0.05, 0) is 36.7 Å². The zero-order valence-electron chi connectivity index (χ0n) is 24.8. The van der Waals surface area contributed by atoms with E-state index in [1.54, 1.807) is 6.07 Å². The Morgan fingerprint density at radius 1 is 0.583 bits per heavy atom. The number of hydrogen-bond acceptors (Lipinski definition) is 2. The molecule has 0 radical (unpaired) electrons. The SMILES string of the molecule is CCCCCCCCCC(CCCCCCCCC)(CCCCCCC(C)C)c1cccc(O)c1O. The lowest BCUT2D eigenvalue weighted by Gasteiger charge is -2.36. The average Bonchev–Trinajstić information content (AvgIpc) is 2.86. The highest BCUT2D eigenvalue weighted by atomic mass is 16.3. The van der Waals surface area contributed by atoms with Crippen molar-refractivity contribution in [2.24, 2.45) is 5.92 Å². The number of benzene rings is 1. The van der Waals surface area contributed by atoms with Crippen LogP contribution in [0.1, 0.15) is 175 Å². The van der Waals surface area contributed by atoms with Gasteiger partial charge in [0.15, 0.2) is 11.5 Å². The van der Waals surface area contributed by atoms with Crippen LogP contribution >= 0.6 is 0 Å². The number of aromatic hydroxyl groups is 2. The van der Waals surface area contributed by atoms with Crippen molar-refractivity contribution in [1.29, 1.82) is 0 Å². The highest BCUT2D eigenvalue weighted by molar-refractivity contribution is 5.48. The third kappa shape index (κ3) is 13.9. The van der Waals surface area contributed by atoms with Crippen LogP contribution in [0.2, 0.25) is 0 Å². The van der Waals surface area contributed by atoms with E-state index in [0.717, 1.165) is 30.7 Å². The Morgan fingerprint density at radius 3 is 1.44 bits per heavy atom. The molecule has 0 amide bonds. The maximum absolute atomic E-state index is 11.0. The lowest BCUT2D eigenvalue weighted by atomic mass is 9.68. The third-order valence-electron chi connectivity index (χ3n) is 8.29. The highest BCUT2D eigenvalue weighted by Crippen LogP contribution is 2.46. The Morgan fingerprint density at radius 2 is 1.00 bits per heavy atom. The van der Waals surface area contributed by atoms with Gasteiger partial charge in [-0.15, -0.1) is 0 Å². The van der Waals surface area contributed by atoms with E-state index in [4.69, 9.17) is 0 Å². The third-order valence-corrected chi connectivity index (χ3v) is 8.29. The largest absolute Gasteiger partial charge is 0.504 e. The van der Waals surface area contributed by atoms with Crippen molar-refractivity contribution in [3.8, 4) is 11.5 Å². The van der Waals surface area contributed by atoms with Gasteiger partial charge in [0.2, 0.25) is 0 Å². The van der Waals surface area contributed by atoms with Gasteiger partial charge in [-0.3, -0.25) is 0 Å². The van der Waals surface area contributed by atoms with Crippen LogP contribution in [0.15, 0.2) is 18.2 Å². The van der Waals surface area contributed by atoms with Crippen molar-refractivity contribution in [1.82, 2.24) is 0 Å². The molecule has 0 unspecified atom stereocenters. The molecule has 2 N–H and O–H groups in total. The molecule has 0 aliphatic rings. The summed E-state index contributed by atoms with van der Waals surface area (Å²) in [6.45, 7) is 9.20. The minimum atomic E-state index is -0.00624. The van der Waals surface area contributed by atoms with Crippen LogP contribution in [-0.4, -0.2) is 10.2 Å². The first-order chi connectivity index (χ1) is 17.5. The molecule has 0 bridgehead atoms. The summed E-state index contributed by atoms with van der Waals surface area (Å²) in [6, 6.07) is 5.69. The molecular formula is C34H62O2. The second kappa shape index (κ2) is 20.8. The van der Waals surface area contributed by atoms with Crippen LogP contribution in [0.3, 0.4) is 0 Å². The van der Waals surface area contributed by atoms with E-state index in [-0.39, 0.29) is 16.9 Å². The molecule has 0 fully saturated rings. The molecular weight excluding hydrogens is 440 g/mol. The van der Waals surface area contributed by atoms with Gasteiger partial charge in [0.05, 0.1) is 0 Å². The number of para-hydroxylation sites is 1. The first kappa shape index (κ1) is 32.8. The Hall–Kier alpha value is -1.18. The van der Waals surface area contributed by atoms with E-state index in [0.29, 0.717) is 0 Å². The fourth-order valence-corrected chi connectivity index (χ4v) is 5.95. The first-order valence-corrected chi connectivity index (χ1v) is 16.0. The molecule has 0 heterocycles. The molecule has 1 aromatic carbocycles. The van der Waals surface area contributed by atoms with E-state index in [1.807, 2.05) is 6.07 Å². The summed E-state index contributed by atoms with van der Waals surface area (Å²) in [5.41, 5.74) is 1.01. The molecule has 0 spiro atoms. The van der Waals surface area contributed by atoms with Crippen LogP contribution in [0.5, 0.6) is 11.5 Å². The van der Waals surface area contributed by atoms with Crippen molar-refractivity contribution in [3.05, 3.63) is 23.8 Å². The van der Waals surface area contributed by atoms with Gasteiger partial charge < -0.3 is 10.2 Å². The molecule has 0 aliphatic carbocycles. The summed E-state index contributed by atoms with van der Waals surface area (Å²) >= 11 is 0. The number of phenols is 2. The molecule has 2 nitrogen and oxygen atoms in total. The number of rotatable bonds is 24. The lowest BCUT2D eigenvalue weighted by Crippen LogP contribution is -2.27. The summed E-state index contributed by atoms with van der Waals surface area (Å²) in [4.78, 5) is 0. The fraction of sp³-hybridized carbons (Fsp3) is 0.824. The monoisotopic (exact) mass is 502 g/mol. The topological polar surface area (TPSA) is 40.5 Å². The van der Waals surface area contributed by atoms with Gasteiger partial charge >= 0.3 is 0 Å². The average molecular weight is 503 g/mol. The van der Waals surface area contributed by atoms with Crippen LogP contribution in [-0.2, 0) is 5.41 Å². The van der Waals surface area contributed by atoms with Gasteiger partial charge in [0.1, 0.15) is 0 Å². The molecule has 2 heteroatoms. The smallest absolute Gasteiger partial charge is 0.161 e. The van der Waals surface area contributed by atoms with Crippen LogP contribution in [0, 0.1) is 5.92 Å². The number of phenolic OH excluding ortho intramolecular Hbond substituents is 2. The van der Waals surface area contributed by atoms with E-state index >= 15 is 0 Å². The molecule has 0 aromatic heterocycles. The molecule has 0 aliphatic heterocycles. The van der Waals surface area contributed by atoms with Crippen LogP contribution in [0.25, 0.3) is 0 Å². The van der Waals surface area contributed by atoms with Gasteiger partial charge in [0.25, 0.3) is 0 Å². The van der Waals surface area contributed by atoms with E-state index < -0.39 is 0 Å². The van der Waals surface area contributed by atoms with Gasteiger partial charge in [-0.1, -0.05) is 162 Å². The molecule has 0 atom stereocenters. The second-order valence-corrected chi connectivity index (χ2v) is 12.0. The maximum atomic E-state index is 11.0. The zero-order chi connectivity index (χ0) is 26.5. The van der Waals surface area contributed by atoms with Gasteiger partial charge in [-0.25, -0.2) is 0 Å². The quantitative estimate of drug-likeness (QED) is 0.109. The van der Waals surface area contributed by atoms with E-state index in [2.05, 4.69) is 33.8 Å². The van der Waals surface area contributed by atoms with Gasteiger partial charge in [0, 0.05) is 5.56 Å². The molecule has 0 saturated carbocycles. The second-order valence-electron chi connectivity index (χ2n) is 12.0. The Balaban J connectivity index is 2.87. The van der Waals surface area contributed by atoms with E-state index in [1.165, 1.54) is 122 Å². The first-order valence-electron chi connectivity index (χ1n) is 16.0. The summed E-state index contributed by atoms with van der Waals surface area (Å²) in [5.74, 6) is 0.985. The van der Waals surface area contributed by atoms with Crippen molar-refractivity contribution < 1.29 is 10.2 Å². The normalized spacial score (nSPS) is 12.0. The number of hydrogen-bond donors (Lipinski definition) is 2. The van der Waals surface area contributed by atoms with Crippen molar-refractivity contribution in [3.63, 3.8) is 0 Å². The lowest BCUT2D eigenvalue weighted by molar-refractivity contribution is 0.284. The molecule has 36 heavy (non-hydrogen) atoms. The number of unbranched alkanes of at least 4 members (excludes halogenated alkanes) is 15. The summed E-state index contributed by atoms with van der Waals surface area (Å²) in [7, 11) is 0. The Kier molecular flexibility index (Phi) is 19.0. The highest BCUT2D eigenvalue weighted by Gasteiger charge is 2.34. The summed E-state index contributed by atoms with van der Waals surface area (Å²) < 4.78 is 0. The van der Waals surface area contributed by atoms with Crippen molar-refractivity contribution >= 4 is 0 Å². The zero-order valence-corrected chi connectivity index (χ0v) is 24.8. The van der Waals surface area contributed by atoms with Crippen LogP contribution in [0.4, 0.5) is 0 Å². The predicted molar refractivity (Wildman–Crippen MR) is 159 cm³/mol. The minimum absolute atomic E-state index is 0.00624. The fourth-order valence-electron chi connectivity index (χ4n) is 5.95. The molecule has 210 valence electrons. The van der Waals surface area contributed by atoms with Crippen molar-refractivity contribution in [2.75, 3.05) is 0 Å².